The van der Waals surface area contributed by atoms with E-state index in [2.05, 4.69) is 10.0 Å². The van der Waals surface area contributed by atoms with Gasteiger partial charge in [-0.25, -0.2) is 13.1 Å². The van der Waals surface area contributed by atoms with E-state index in [4.69, 9.17) is 9.84 Å². The lowest BCUT2D eigenvalue weighted by Crippen LogP contribution is -2.35. The second-order valence-electron chi connectivity index (χ2n) is 7.11. The Morgan fingerprint density at radius 3 is 2.53 bits per heavy atom. The van der Waals surface area contributed by atoms with E-state index in [1.165, 1.54) is 0 Å². The molecule has 0 aromatic heterocycles. The van der Waals surface area contributed by atoms with Crippen LogP contribution in [-0.4, -0.2) is 44.6 Å². The highest BCUT2D eigenvalue weighted by Crippen LogP contribution is 2.27. The summed E-state index contributed by atoms with van der Waals surface area (Å²) in [6.07, 6.45) is 1.49. The fourth-order valence-electron chi connectivity index (χ4n) is 3.32. The molecule has 30 heavy (non-hydrogen) atoms. The number of ether oxygens (including phenoxy) is 1. The zero-order valence-corrected chi connectivity index (χ0v) is 17.2. The topological polar surface area (TPSA) is 122 Å². The molecule has 0 aliphatic heterocycles. The highest BCUT2D eigenvalue weighted by Gasteiger charge is 2.26. The fraction of sp³-hybridized carbons (Fsp3) is 0.333. The van der Waals surface area contributed by atoms with Gasteiger partial charge in [0.25, 0.3) is 5.91 Å². The van der Waals surface area contributed by atoms with E-state index in [-0.39, 0.29) is 36.4 Å². The Kier molecular flexibility index (Phi) is 7.07. The Labute approximate surface area is 175 Å². The number of carboxylic acid groups (broad SMARTS) is 1. The first kappa shape index (κ1) is 21.8. The van der Waals surface area contributed by atoms with Crippen LogP contribution in [0.2, 0.25) is 0 Å². The van der Waals surface area contributed by atoms with Gasteiger partial charge in [0.1, 0.15) is 5.75 Å². The van der Waals surface area contributed by atoms with Crippen molar-refractivity contribution in [2.24, 2.45) is 0 Å². The molecule has 1 aliphatic carbocycles. The minimum Gasteiger partial charge on any atom is -0.484 e. The molecule has 160 valence electrons. The number of benzene rings is 2. The Bertz CT molecular complexity index is 1010. The molecule has 0 saturated heterocycles. The van der Waals surface area contributed by atoms with Gasteiger partial charge in [-0.1, -0.05) is 24.3 Å². The minimum atomic E-state index is -3.58. The standard InChI is InChI=1S/C21H24N2O6S/c24-20(22-10-4-7-21(25)26)14-29-18-9-8-15-11-17(12-16(15)13-18)23-30(27,28)19-5-2-1-3-6-19/h1-3,5-6,8-9,13,17,23H,4,7,10-12,14H2,(H,22,24)(H,25,26). The van der Waals surface area contributed by atoms with Crippen molar-refractivity contribution in [3.05, 3.63) is 59.7 Å². The third-order valence-corrected chi connectivity index (χ3v) is 6.28. The molecule has 1 atom stereocenters. The predicted molar refractivity (Wildman–Crippen MR) is 110 cm³/mol. The van der Waals surface area contributed by atoms with E-state index in [1.54, 1.807) is 36.4 Å². The van der Waals surface area contributed by atoms with Gasteiger partial charge in [-0.05, 0) is 54.7 Å². The van der Waals surface area contributed by atoms with Crippen molar-refractivity contribution >= 4 is 21.9 Å². The maximum Gasteiger partial charge on any atom is 0.303 e. The van der Waals surface area contributed by atoms with Crippen LogP contribution in [-0.2, 0) is 32.5 Å². The van der Waals surface area contributed by atoms with E-state index in [9.17, 15) is 18.0 Å². The smallest absolute Gasteiger partial charge is 0.303 e. The van der Waals surface area contributed by atoms with Crippen molar-refractivity contribution < 1.29 is 27.9 Å². The molecule has 9 heteroatoms. The van der Waals surface area contributed by atoms with Crippen molar-refractivity contribution in [2.45, 2.75) is 36.6 Å². The van der Waals surface area contributed by atoms with Crippen LogP contribution in [0, 0.1) is 0 Å². The lowest BCUT2D eigenvalue weighted by molar-refractivity contribution is -0.137. The summed E-state index contributed by atoms with van der Waals surface area (Å²) >= 11 is 0. The molecule has 1 unspecified atom stereocenters. The molecule has 0 fully saturated rings. The van der Waals surface area contributed by atoms with Gasteiger partial charge in [0, 0.05) is 19.0 Å². The van der Waals surface area contributed by atoms with Crippen molar-refractivity contribution in [2.75, 3.05) is 13.2 Å². The predicted octanol–water partition coefficient (Wildman–Crippen LogP) is 1.49. The van der Waals surface area contributed by atoms with Crippen LogP contribution in [0.25, 0.3) is 0 Å². The number of carbonyl (C=O) groups is 2. The summed E-state index contributed by atoms with van der Waals surface area (Å²) in [4.78, 5) is 22.5. The number of hydrogen-bond donors (Lipinski definition) is 3. The number of amides is 1. The third kappa shape index (κ3) is 6.04. The highest BCUT2D eigenvalue weighted by molar-refractivity contribution is 7.89. The zero-order valence-electron chi connectivity index (χ0n) is 16.3. The van der Waals surface area contributed by atoms with E-state index in [0.717, 1.165) is 11.1 Å². The first-order chi connectivity index (χ1) is 14.3. The monoisotopic (exact) mass is 432 g/mol. The Balaban J connectivity index is 1.50. The van der Waals surface area contributed by atoms with Crippen molar-refractivity contribution in [3.63, 3.8) is 0 Å². The second-order valence-corrected chi connectivity index (χ2v) is 8.82. The molecular weight excluding hydrogens is 408 g/mol. The van der Waals surface area contributed by atoms with Crippen LogP contribution >= 0.6 is 0 Å². The zero-order chi connectivity index (χ0) is 21.6. The number of hydrogen-bond acceptors (Lipinski definition) is 5. The fourth-order valence-corrected chi connectivity index (χ4v) is 4.58. The molecule has 2 aromatic rings. The molecule has 0 bridgehead atoms. The lowest BCUT2D eigenvalue weighted by atomic mass is 10.1. The summed E-state index contributed by atoms with van der Waals surface area (Å²) in [5, 5.41) is 11.2. The summed E-state index contributed by atoms with van der Waals surface area (Å²) in [5.41, 5.74) is 2.02. The van der Waals surface area contributed by atoms with Gasteiger partial charge in [0.2, 0.25) is 10.0 Å². The normalized spacial score (nSPS) is 15.4. The Hall–Kier alpha value is -2.91. The molecule has 0 heterocycles. The molecule has 0 saturated carbocycles. The van der Waals surface area contributed by atoms with Crippen LogP contribution in [0.4, 0.5) is 0 Å². The average molecular weight is 432 g/mol. The lowest BCUT2D eigenvalue weighted by Gasteiger charge is -2.12. The van der Waals surface area contributed by atoms with Crippen molar-refractivity contribution in [1.82, 2.24) is 10.0 Å². The molecule has 0 radical (unpaired) electrons. The first-order valence-electron chi connectivity index (χ1n) is 9.64. The summed E-state index contributed by atoms with van der Waals surface area (Å²) in [5.74, 6) is -0.696. The molecule has 1 aliphatic rings. The third-order valence-electron chi connectivity index (χ3n) is 4.75. The number of fused-ring (bicyclic) bond motifs is 1. The quantitative estimate of drug-likeness (QED) is 0.489. The summed E-state index contributed by atoms with van der Waals surface area (Å²) < 4.78 is 33.3. The van der Waals surface area contributed by atoms with Gasteiger partial charge in [0.15, 0.2) is 6.61 Å². The molecule has 2 aromatic carbocycles. The molecule has 3 rings (SSSR count). The number of nitrogens with one attached hydrogen (secondary N) is 2. The minimum absolute atomic E-state index is 0.00114. The van der Waals surface area contributed by atoms with Crippen molar-refractivity contribution in [1.29, 1.82) is 0 Å². The van der Waals surface area contributed by atoms with E-state index >= 15 is 0 Å². The van der Waals surface area contributed by atoms with Gasteiger partial charge in [-0.15, -0.1) is 0 Å². The molecular formula is C21H24N2O6S. The summed E-state index contributed by atoms with van der Waals surface area (Å²) in [6.45, 7) is 0.109. The van der Waals surface area contributed by atoms with E-state index < -0.39 is 16.0 Å². The van der Waals surface area contributed by atoms with Gasteiger partial charge in [0.05, 0.1) is 4.90 Å². The maximum atomic E-state index is 12.5. The largest absolute Gasteiger partial charge is 0.484 e. The molecule has 8 nitrogen and oxygen atoms in total. The average Bonchev–Trinajstić information content (AvgIpc) is 3.11. The second kappa shape index (κ2) is 9.73. The highest BCUT2D eigenvalue weighted by atomic mass is 32.2. The van der Waals surface area contributed by atoms with Crippen molar-refractivity contribution in [3.8, 4) is 5.75 Å². The molecule has 3 N–H and O–H groups in total. The number of sulfonamides is 1. The summed E-state index contributed by atoms with van der Waals surface area (Å²) in [6, 6.07) is 13.5. The van der Waals surface area contributed by atoms with Gasteiger partial charge in [-0.2, -0.15) is 0 Å². The molecule has 1 amide bonds. The van der Waals surface area contributed by atoms with Crippen LogP contribution in [0.1, 0.15) is 24.0 Å². The van der Waals surface area contributed by atoms with Crippen LogP contribution in [0.15, 0.2) is 53.4 Å². The number of carboxylic acids is 1. The number of rotatable bonds is 10. The maximum absolute atomic E-state index is 12.5. The van der Waals surface area contributed by atoms with Gasteiger partial charge < -0.3 is 15.2 Å². The summed E-state index contributed by atoms with van der Waals surface area (Å²) in [7, 11) is -3.58. The number of aliphatic carboxylic acids is 1. The first-order valence-corrected chi connectivity index (χ1v) is 11.1. The SMILES string of the molecule is O=C(O)CCCNC(=O)COc1ccc2c(c1)CC(NS(=O)(=O)c1ccccc1)C2. The van der Waals surface area contributed by atoms with Crippen LogP contribution in [0.5, 0.6) is 5.75 Å². The van der Waals surface area contributed by atoms with Crippen LogP contribution < -0.4 is 14.8 Å². The van der Waals surface area contributed by atoms with Gasteiger partial charge in [-0.3, -0.25) is 9.59 Å². The Morgan fingerprint density at radius 1 is 1.07 bits per heavy atom. The van der Waals surface area contributed by atoms with E-state index in [1.807, 2.05) is 12.1 Å². The number of carbonyl (C=O) groups excluding carboxylic acids is 1. The van der Waals surface area contributed by atoms with Gasteiger partial charge >= 0.3 is 5.97 Å². The molecule has 0 spiro atoms. The Morgan fingerprint density at radius 2 is 1.80 bits per heavy atom. The van der Waals surface area contributed by atoms with Crippen LogP contribution in [0.3, 0.4) is 0 Å². The van der Waals surface area contributed by atoms with E-state index in [0.29, 0.717) is 25.0 Å².